The van der Waals surface area contributed by atoms with Crippen LogP contribution in [0.5, 0.6) is 0 Å². The normalized spacial score (nSPS) is 12.5. The second-order valence-electron chi connectivity index (χ2n) is 6.57. The summed E-state index contributed by atoms with van der Waals surface area (Å²) >= 11 is 6.07. The lowest BCUT2D eigenvalue weighted by atomic mass is 10.1. The predicted molar refractivity (Wildman–Crippen MR) is 111 cm³/mol. The molecule has 0 aliphatic rings. The van der Waals surface area contributed by atoms with E-state index in [4.69, 9.17) is 11.6 Å². The van der Waals surface area contributed by atoms with Crippen LogP contribution in [-0.2, 0) is 6.18 Å². The summed E-state index contributed by atoms with van der Waals surface area (Å²) in [6.07, 6.45) is -3.72. The van der Waals surface area contributed by atoms with Crippen molar-refractivity contribution in [1.82, 2.24) is 9.97 Å². The van der Waals surface area contributed by atoms with Crippen LogP contribution in [0.25, 0.3) is 11.3 Å². The Morgan fingerprint density at radius 2 is 1.76 bits per heavy atom. The number of hydrogen-bond donors (Lipinski definition) is 2. The molecule has 0 spiro atoms. The van der Waals surface area contributed by atoms with Crippen molar-refractivity contribution < 1.29 is 13.2 Å². The lowest BCUT2D eigenvalue weighted by molar-refractivity contribution is -0.136. The van der Waals surface area contributed by atoms with Crippen molar-refractivity contribution in [3.05, 3.63) is 65.2 Å². The first-order chi connectivity index (χ1) is 13.8. The quantitative estimate of drug-likeness (QED) is 0.462. The van der Waals surface area contributed by atoms with Crippen LogP contribution in [0.15, 0.2) is 54.6 Å². The van der Waals surface area contributed by atoms with Gasteiger partial charge in [0.25, 0.3) is 0 Å². The molecule has 0 bridgehead atoms. The Kier molecular flexibility index (Phi) is 6.27. The maximum Gasteiger partial charge on any atom is 0.418 e. The first-order valence-corrected chi connectivity index (χ1v) is 9.49. The zero-order valence-electron chi connectivity index (χ0n) is 15.9. The second-order valence-corrected chi connectivity index (χ2v) is 6.97. The average Bonchev–Trinajstić information content (AvgIpc) is 2.69. The third-order valence-corrected chi connectivity index (χ3v) is 4.67. The van der Waals surface area contributed by atoms with Gasteiger partial charge in [-0.15, -0.1) is 0 Å². The van der Waals surface area contributed by atoms with Gasteiger partial charge in [-0.1, -0.05) is 54.9 Å². The summed E-state index contributed by atoms with van der Waals surface area (Å²) in [4.78, 5) is 8.86. The minimum absolute atomic E-state index is 0.0452. The molecular weight excluding hydrogens is 401 g/mol. The van der Waals surface area contributed by atoms with E-state index in [0.717, 1.165) is 18.1 Å². The van der Waals surface area contributed by atoms with E-state index in [-0.39, 0.29) is 22.6 Å². The molecule has 0 saturated carbocycles. The maximum atomic E-state index is 13.4. The van der Waals surface area contributed by atoms with Crippen molar-refractivity contribution in [3.8, 4) is 11.3 Å². The molecule has 0 saturated heterocycles. The monoisotopic (exact) mass is 420 g/mol. The van der Waals surface area contributed by atoms with Gasteiger partial charge in [-0.2, -0.15) is 18.2 Å². The third kappa shape index (κ3) is 5.17. The van der Waals surface area contributed by atoms with Gasteiger partial charge in [-0.25, -0.2) is 4.98 Å². The van der Waals surface area contributed by atoms with Crippen LogP contribution in [0, 0.1) is 0 Å². The summed E-state index contributed by atoms with van der Waals surface area (Å²) in [5.41, 5.74) is 0.296. The Hall–Kier alpha value is -2.80. The van der Waals surface area contributed by atoms with E-state index in [1.807, 2.05) is 44.2 Å². The number of benzene rings is 2. The summed E-state index contributed by atoms with van der Waals surface area (Å²) in [6, 6.07) is 14.7. The topological polar surface area (TPSA) is 49.8 Å². The summed E-state index contributed by atoms with van der Waals surface area (Å²) in [7, 11) is 0. The van der Waals surface area contributed by atoms with Crippen LogP contribution in [0.4, 0.5) is 30.6 Å². The summed E-state index contributed by atoms with van der Waals surface area (Å²) in [5.74, 6) is 0.534. The first-order valence-electron chi connectivity index (χ1n) is 9.11. The molecule has 8 heteroatoms. The molecule has 0 radical (unpaired) electrons. The molecule has 1 heterocycles. The van der Waals surface area contributed by atoms with Crippen molar-refractivity contribution in [2.24, 2.45) is 0 Å². The van der Waals surface area contributed by atoms with Crippen LogP contribution in [0.1, 0.15) is 25.8 Å². The fraction of sp³-hybridized carbons (Fsp3) is 0.238. The van der Waals surface area contributed by atoms with Crippen LogP contribution in [-0.4, -0.2) is 16.0 Å². The van der Waals surface area contributed by atoms with Crippen molar-refractivity contribution in [2.45, 2.75) is 32.5 Å². The predicted octanol–water partition coefficient (Wildman–Crippen LogP) is 6.77. The highest BCUT2D eigenvalue weighted by Crippen LogP contribution is 2.40. The molecule has 3 rings (SSSR count). The molecule has 1 aromatic heterocycles. The average molecular weight is 421 g/mol. The van der Waals surface area contributed by atoms with Crippen molar-refractivity contribution in [3.63, 3.8) is 0 Å². The molecule has 29 heavy (non-hydrogen) atoms. The Morgan fingerprint density at radius 1 is 1.03 bits per heavy atom. The van der Waals surface area contributed by atoms with E-state index in [1.165, 1.54) is 12.1 Å². The second kappa shape index (κ2) is 8.69. The van der Waals surface area contributed by atoms with Crippen LogP contribution < -0.4 is 10.6 Å². The maximum absolute atomic E-state index is 13.4. The molecule has 2 N–H and O–H groups in total. The van der Waals surface area contributed by atoms with E-state index < -0.39 is 11.7 Å². The minimum Gasteiger partial charge on any atom is -0.352 e. The molecule has 0 amide bonds. The fourth-order valence-electron chi connectivity index (χ4n) is 2.67. The smallest absolute Gasteiger partial charge is 0.352 e. The minimum atomic E-state index is -4.56. The van der Waals surface area contributed by atoms with Gasteiger partial charge >= 0.3 is 6.18 Å². The zero-order chi connectivity index (χ0) is 21.0. The molecule has 0 fully saturated rings. The van der Waals surface area contributed by atoms with Gasteiger partial charge in [0, 0.05) is 17.7 Å². The van der Waals surface area contributed by atoms with Crippen LogP contribution in [0.3, 0.4) is 0 Å². The van der Waals surface area contributed by atoms with Crippen LogP contribution >= 0.6 is 11.6 Å². The molecule has 0 aliphatic carbocycles. The number of hydrogen-bond acceptors (Lipinski definition) is 4. The summed E-state index contributed by atoms with van der Waals surface area (Å²) in [5, 5.41) is 5.87. The molecule has 3 aromatic rings. The number of para-hydroxylation sites is 1. The Bertz CT molecular complexity index is 977. The third-order valence-electron chi connectivity index (χ3n) is 4.36. The number of anilines is 3. The highest BCUT2D eigenvalue weighted by atomic mass is 35.5. The fourth-order valence-corrected chi connectivity index (χ4v) is 2.89. The van der Waals surface area contributed by atoms with Gasteiger partial charge in [-0.05, 0) is 25.5 Å². The van der Waals surface area contributed by atoms with E-state index >= 15 is 0 Å². The molecular formula is C21H20ClF3N4. The highest BCUT2D eigenvalue weighted by molar-refractivity contribution is 6.33. The Labute approximate surface area is 172 Å². The number of aromatic nitrogens is 2. The zero-order valence-corrected chi connectivity index (χ0v) is 16.6. The number of nitrogens with zero attached hydrogens (tertiary/aromatic N) is 2. The largest absolute Gasteiger partial charge is 0.418 e. The molecule has 152 valence electrons. The number of rotatable bonds is 6. The van der Waals surface area contributed by atoms with Gasteiger partial charge in [0.15, 0.2) is 0 Å². The van der Waals surface area contributed by atoms with Crippen molar-refractivity contribution in [1.29, 1.82) is 0 Å². The van der Waals surface area contributed by atoms with Crippen molar-refractivity contribution in [2.75, 3.05) is 10.6 Å². The van der Waals surface area contributed by atoms with Gasteiger partial charge in [0.2, 0.25) is 5.95 Å². The first kappa shape index (κ1) is 20.9. The summed E-state index contributed by atoms with van der Waals surface area (Å²) < 4.78 is 40.3. The highest BCUT2D eigenvalue weighted by Gasteiger charge is 2.34. The number of alkyl halides is 3. The Morgan fingerprint density at radius 3 is 2.41 bits per heavy atom. The van der Waals surface area contributed by atoms with Gasteiger partial charge in [0.1, 0.15) is 5.82 Å². The van der Waals surface area contributed by atoms with E-state index in [9.17, 15) is 13.2 Å². The standard InChI is InChI=1S/C21H20ClF3N4/c1-3-13(2)26-20-27-17(14-8-5-4-6-9-14)12-18(29-20)28-19-15(21(23,24)25)10-7-11-16(19)22/h4-13H,3H2,1-2H3,(H2,26,27,28,29)/t13-/m1/s1. The van der Waals surface area contributed by atoms with Gasteiger partial charge in [-0.3, -0.25) is 0 Å². The number of nitrogens with one attached hydrogen (secondary N) is 2. The molecule has 2 aromatic carbocycles. The van der Waals surface area contributed by atoms with E-state index in [2.05, 4.69) is 20.6 Å². The Balaban J connectivity index is 2.07. The lowest BCUT2D eigenvalue weighted by Crippen LogP contribution is -2.16. The van der Waals surface area contributed by atoms with E-state index in [0.29, 0.717) is 11.6 Å². The SMILES string of the molecule is CC[C@@H](C)Nc1nc(Nc2c(Cl)cccc2C(F)(F)F)cc(-c2ccccc2)n1. The molecule has 1 atom stereocenters. The summed E-state index contributed by atoms with van der Waals surface area (Å²) in [6.45, 7) is 3.98. The van der Waals surface area contributed by atoms with Gasteiger partial charge in [0.05, 0.1) is 22.0 Å². The molecule has 0 aliphatic heterocycles. The molecule has 0 unspecified atom stereocenters. The molecule has 4 nitrogen and oxygen atoms in total. The van der Waals surface area contributed by atoms with Gasteiger partial charge < -0.3 is 10.6 Å². The van der Waals surface area contributed by atoms with E-state index in [1.54, 1.807) is 6.07 Å². The van der Waals surface area contributed by atoms with Crippen LogP contribution in [0.2, 0.25) is 5.02 Å². The van der Waals surface area contributed by atoms with Crippen molar-refractivity contribution >= 4 is 29.1 Å². The number of halogens is 4. The lowest BCUT2D eigenvalue weighted by Gasteiger charge is -2.17.